The van der Waals surface area contributed by atoms with Crippen molar-refractivity contribution in [3.63, 3.8) is 0 Å². The highest BCUT2D eigenvalue weighted by molar-refractivity contribution is 7.89. The van der Waals surface area contributed by atoms with Gasteiger partial charge < -0.3 is 4.90 Å². The van der Waals surface area contributed by atoms with Crippen LogP contribution in [0.4, 0.5) is 0 Å². The highest BCUT2D eigenvalue weighted by atomic mass is 32.2. The van der Waals surface area contributed by atoms with Gasteiger partial charge in [-0.05, 0) is 37.8 Å². The lowest BCUT2D eigenvalue weighted by Crippen LogP contribution is -2.41. The zero-order chi connectivity index (χ0) is 15.3. The van der Waals surface area contributed by atoms with Gasteiger partial charge in [0.1, 0.15) is 0 Å². The predicted octanol–water partition coefficient (Wildman–Crippen LogP) is 0.873. The molecule has 1 aliphatic rings. The first-order chi connectivity index (χ1) is 10.0. The monoisotopic (exact) mass is 311 g/mol. The number of pyridine rings is 1. The van der Waals surface area contributed by atoms with E-state index in [0.29, 0.717) is 31.1 Å². The van der Waals surface area contributed by atoms with Crippen LogP contribution in [0, 0.1) is 5.92 Å². The normalized spacial score (nSPS) is 16.9. The summed E-state index contributed by atoms with van der Waals surface area (Å²) >= 11 is 0. The van der Waals surface area contributed by atoms with E-state index in [1.807, 2.05) is 4.90 Å². The van der Waals surface area contributed by atoms with Crippen LogP contribution in [0.15, 0.2) is 24.5 Å². The van der Waals surface area contributed by atoms with Gasteiger partial charge in [-0.1, -0.05) is 0 Å². The van der Waals surface area contributed by atoms with Gasteiger partial charge in [0.2, 0.25) is 10.0 Å². The maximum Gasteiger partial charge on any atom is 0.255 e. The van der Waals surface area contributed by atoms with E-state index in [4.69, 9.17) is 0 Å². The number of amides is 1. The molecule has 7 heteroatoms. The van der Waals surface area contributed by atoms with Crippen LogP contribution in [0.2, 0.25) is 0 Å². The molecular weight excluding hydrogens is 290 g/mol. The lowest BCUT2D eigenvalue weighted by molar-refractivity contribution is 0.0691. The SMILES string of the molecule is CCS(=O)(=O)NCC1CCN(C(=O)c2cccnc2)CC1. The van der Waals surface area contributed by atoms with E-state index in [1.165, 1.54) is 0 Å². The van der Waals surface area contributed by atoms with E-state index in [-0.39, 0.29) is 11.7 Å². The van der Waals surface area contributed by atoms with Crippen LogP contribution in [-0.4, -0.2) is 49.6 Å². The molecule has 116 valence electrons. The van der Waals surface area contributed by atoms with Gasteiger partial charge in [0.05, 0.1) is 11.3 Å². The summed E-state index contributed by atoms with van der Waals surface area (Å²) < 4.78 is 25.4. The summed E-state index contributed by atoms with van der Waals surface area (Å²) in [6.45, 7) is 3.40. The van der Waals surface area contributed by atoms with Crippen molar-refractivity contribution in [3.8, 4) is 0 Å². The van der Waals surface area contributed by atoms with Gasteiger partial charge in [-0.3, -0.25) is 9.78 Å². The molecule has 1 N–H and O–H groups in total. The number of nitrogens with one attached hydrogen (secondary N) is 1. The molecule has 0 aliphatic carbocycles. The summed E-state index contributed by atoms with van der Waals surface area (Å²) in [6, 6.07) is 3.51. The smallest absolute Gasteiger partial charge is 0.255 e. The lowest BCUT2D eigenvalue weighted by atomic mass is 9.97. The van der Waals surface area contributed by atoms with E-state index in [0.717, 1.165) is 12.8 Å². The quantitative estimate of drug-likeness (QED) is 0.875. The molecule has 1 aromatic rings. The van der Waals surface area contributed by atoms with Crippen molar-refractivity contribution < 1.29 is 13.2 Å². The lowest BCUT2D eigenvalue weighted by Gasteiger charge is -2.32. The molecule has 0 saturated carbocycles. The van der Waals surface area contributed by atoms with E-state index < -0.39 is 10.0 Å². The van der Waals surface area contributed by atoms with Crippen molar-refractivity contribution in [1.82, 2.24) is 14.6 Å². The minimum atomic E-state index is -3.13. The summed E-state index contributed by atoms with van der Waals surface area (Å²) in [5.74, 6) is 0.394. The second-order valence-electron chi connectivity index (χ2n) is 5.23. The average molecular weight is 311 g/mol. The maximum atomic E-state index is 12.2. The summed E-state index contributed by atoms with van der Waals surface area (Å²) in [5, 5.41) is 0. The average Bonchev–Trinajstić information content (AvgIpc) is 2.54. The molecule has 6 nitrogen and oxygen atoms in total. The van der Waals surface area contributed by atoms with Gasteiger partial charge in [-0.15, -0.1) is 0 Å². The number of sulfonamides is 1. The van der Waals surface area contributed by atoms with Gasteiger partial charge >= 0.3 is 0 Å². The molecule has 0 radical (unpaired) electrons. The second kappa shape index (κ2) is 7.00. The van der Waals surface area contributed by atoms with Crippen LogP contribution in [-0.2, 0) is 10.0 Å². The largest absolute Gasteiger partial charge is 0.339 e. The maximum absolute atomic E-state index is 12.2. The predicted molar refractivity (Wildman–Crippen MR) is 80.3 cm³/mol. The van der Waals surface area contributed by atoms with Gasteiger partial charge in [0.15, 0.2) is 0 Å². The number of hydrogen-bond donors (Lipinski definition) is 1. The number of carbonyl (C=O) groups excluding carboxylic acids is 1. The molecule has 1 aliphatic heterocycles. The third-order valence-corrected chi connectivity index (χ3v) is 5.15. The van der Waals surface area contributed by atoms with Crippen LogP contribution in [0.1, 0.15) is 30.1 Å². The molecule has 1 saturated heterocycles. The number of carbonyl (C=O) groups is 1. The molecule has 1 amide bonds. The number of rotatable bonds is 5. The molecule has 0 atom stereocenters. The number of aromatic nitrogens is 1. The fraction of sp³-hybridized carbons (Fsp3) is 0.571. The second-order valence-corrected chi connectivity index (χ2v) is 7.32. The van der Waals surface area contributed by atoms with Crippen molar-refractivity contribution in [2.24, 2.45) is 5.92 Å². The minimum Gasteiger partial charge on any atom is -0.339 e. The van der Waals surface area contributed by atoms with Crippen molar-refractivity contribution in [2.75, 3.05) is 25.4 Å². The number of nitrogens with zero attached hydrogens (tertiary/aromatic N) is 2. The number of likely N-dealkylation sites (tertiary alicyclic amines) is 1. The molecule has 0 spiro atoms. The Morgan fingerprint density at radius 1 is 1.43 bits per heavy atom. The first kappa shape index (κ1) is 15.9. The van der Waals surface area contributed by atoms with E-state index >= 15 is 0 Å². The molecule has 21 heavy (non-hydrogen) atoms. The zero-order valence-electron chi connectivity index (χ0n) is 12.2. The van der Waals surface area contributed by atoms with E-state index in [2.05, 4.69) is 9.71 Å². The molecule has 0 unspecified atom stereocenters. The Balaban J connectivity index is 1.82. The molecule has 1 aromatic heterocycles. The molecule has 0 bridgehead atoms. The molecule has 0 aromatic carbocycles. The fourth-order valence-electron chi connectivity index (χ4n) is 2.36. The van der Waals surface area contributed by atoms with Crippen LogP contribution >= 0.6 is 0 Å². The summed E-state index contributed by atoms with van der Waals surface area (Å²) in [6.07, 6.45) is 4.85. The molecule has 2 heterocycles. The van der Waals surface area contributed by atoms with Gasteiger partial charge in [0.25, 0.3) is 5.91 Å². The van der Waals surface area contributed by atoms with Gasteiger partial charge in [-0.25, -0.2) is 13.1 Å². The Hall–Kier alpha value is -1.47. The molecule has 1 fully saturated rings. The van der Waals surface area contributed by atoms with Crippen LogP contribution in [0.3, 0.4) is 0 Å². The summed E-state index contributed by atoms with van der Waals surface area (Å²) in [7, 11) is -3.13. The highest BCUT2D eigenvalue weighted by Crippen LogP contribution is 2.18. The van der Waals surface area contributed by atoms with Crippen LogP contribution < -0.4 is 4.72 Å². The highest BCUT2D eigenvalue weighted by Gasteiger charge is 2.24. The van der Waals surface area contributed by atoms with Crippen molar-refractivity contribution in [3.05, 3.63) is 30.1 Å². The van der Waals surface area contributed by atoms with Gasteiger partial charge in [0, 0.05) is 32.0 Å². The Kier molecular flexibility index (Phi) is 5.30. The third-order valence-electron chi connectivity index (χ3n) is 3.78. The molecular formula is C14H21N3O3S. The van der Waals surface area contributed by atoms with Gasteiger partial charge in [-0.2, -0.15) is 0 Å². The topological polar surface area (TPSA) is 79.4 Å². The van der Waals surface area contributed by atoms with Crippen molar-refractivity contribution >= 4 is 15.9 Å². The minimum absolute atomic E-state index is 0.00399. The third kappa shape index (κ3) is 4.50. The Morgan fingerprint density at radius 2 is 2.14 bits per heavy atom. The van der Waals surface area contributed by atoms with Crippen LogP contribution in [0.25, 0.3) is 0 Å². The Morgan fingerprint density at radius 3 is 2.71 bits per heavy atom. The summed E-state index contributed by atoms with van der Waals surface area (Å²) in [5.41, 5.74) is 0.600. The Bertz CT molecular complexity index is 566. The van der Waals surface area contributed by atoms with E-state index in [9.17, 15) is 13.2 Å². The Labute approximate surface area is 125 Å². The number of piperidine rings is 1. The first-order valence-corrected chi connectivity index (χ1v) is 8.83. The fourth-order valence-corrected chi connectivity index (χ4v) is 3.05. The zero-order valence-corrected chi connectivity index (χ0v) is 13.0. The van der Waals surface area contributed by atoms with Crippen LogP contribution in [0.5, 0.6) is 0 Å². The standard InChI is InChI=1S/C14H21N3O3S/c1-2-21(19,20)16-10-12-5-8-17(9-6-12)14(18)13-4-3-7-15-11-13/h3-4,7,11-12,16H,2,5-6,8-10H2,1H3. The van der Waals surface area contributed by atoms with Crippen molar-refractivity contribution in [1.29, 1.82) is 0 Å². The van der Waals surface area contributed by atoms with Crippen molar-refractivity contribution in [2.45, 2.75) is 19.8 Å². The van der Waals surface area contributed by atoms with E-state index in [1.54, 1.807) is 31.5 Å². The number of hydrogen-bond acceptors (Lipinski definition) is 4. The summed E-state index contributed by atoms with van der Waals surface area (Å²) in [4.78, 5) is 18.0. The first-order valence-electron chi connectivity index (χ1n) is 7.18. The molecule has 2 rings (SSSR count).